The van der Waals surface area contributed by atoms with Crippen LogP contribution in [0.1, 0.15) is 34.9 Å². The third-order valence-electron chi connectivity index (χ3n) is 3.65. The number of hydrogen-bond donors (Lipinski definition) is 2. The molecule has 0 radical (unpaired) electrons. The van der Waals surface area contributed by atoms with Gasteiger partial charge in [-0.25, -0.2) is 9.78 Å². The fourth-order valence-electron chi connectivity index (χ4n) is 2.75. The summed E-state index contributed by atoms with van der Waals surface area (Å²) in [7, 11) is 0. The summed E-state index contributed by atoms with van der Waals surface area (Å²) in [4.78, 5) is 30.9. The highest BCUT2D eigenvalue weighted by Gasteiger charge is 2.35. The summed E-state index contributed by atoms with van der Waals surface area (Å²) in [5.41, 5.74) is 0.840. The number of imidazole rings is 1. The SMILES string of the molecule is O=C(O)c1nc(-c2ccncc2)n2c1C(C(=O)O)CCC2. The van der Waals surface area contributed by atoms with E-state index in [2.05, 4.69) is 9.97 Å². The topological polar surface area (TPSA) is 105 Å². The maximum absolute atomic E-state index is 11.4. The first-order chi connectivity index (χ1) is 10.1. The van der Waals surface area contributed by atoms with Crippen molar-refractivity contribution in [1.82, 2.24) is 14.5 Å². The maximum Gasteiger partial charge on any atom is 0.356 e. The lowest BCUT2D eigenvalue weighted by atomic mass is 9.94. The Kier molecular flexibility index (Phi) is 3.17. The quantitative estimate of drug-likeness (QED) is 0.888. The van der Waals surface area contributed by atoms with Crippen LogP contribution in [0, 0.1) is 0 Å². The first kappa shape index (κ1) is 13.3. The molecule has 21 heavy (non-hydrogen) atoms. The average Bonchev–Trinajstić information content (AvgIpc) is 2.87. The van der Waals surface area contributed by atoms with Crippen molar-refractivity contribution >= 4 is 11.9 Å². The Balaban J connectivity index is 2.23. The van der Waals surface area contributed by atoms with E-state index in [0.717, 1.165) is 5.56 Å². The number of aliphatic carboxylic acids is 1. The number of aromatic nitrogens is 3. The minimum atomic E-state index is -1.20. The summed E-state index contributed by atoms with van der Waals surface area (Å²) in [6.07, 6.45) is 4.29. The number of pyridine rings is 1. The molecule has 0 spiro atoms. The Morgan fingerprint density at radius 3 is 2.57 bits per heavy atom. The molecule has 0 saturated heterocycles. The van der Waals surface area contributed by atoms with E-state index in [4.69, 9.17) is 0 Å². The number of carboxylic acid groups (broad SMARTS) is 2. The first-order valence-corrected chi connectivity index (χ1v) is 6.56. The lowest BCUT2D eigenvalue weighted by Gasteiger charge is -2.22. The van der Waals surface area contributed by atoms with Gasteiger partial charge in [-0.15, -0.1) is 0 Å². The highest BCUT2D eigenvalue weighted by atomic mass is 16.4. The van der Waals surface area contributed by atoms with Gasteiger partial charge in [-0.2, -0.15) is 0 Å². The van der Waals surface area contributed by atoms with Gasteiger partial charge in [0.25, 0.3) is 0 Å². The van der Waals surface area contributed by atoms with Crippen LogP contribution >= 0.6 is 0 Å². The van der Waals surface area contributed by atoms with Crippen LogP contribution in [0.3, 0.4) is 0 Å². The lowest BCUT2D eigenvalue weighted by Crippen LogP contribution is -2.24. The zero-order valence-electron chi connectivity index (χ0n) is 11.1. The lowest BCUT2D eigenvalue weighted by molar-refractivity contribution is -0.139. The van der Waals surface area contributed by atoms with Gasteiger partial charge in [0.2, 0.25) is 0 Å². The van der Waals surface area contributed by atoms with E-state index in [9.17, 15) is 19.8 Å². The summed E-state index contributed by atoms with van der Waals surface area (Å²) in [5, 5.41) is 18.6. The largest absolute Gasteiger partial charge is 0.481 e. The van der Waals surface area contributed by atoms with Gasteiger partial charge in [-0.1, -0.05) is 0 Å². The molecule has 2 N–H and O–H groups in total. The molecular weight excluding hydrogens is 274 g/mol. The molecule has 2 aromatic heterocycles. The highest BCUT2D eigenvalue weighted by molar-refractivity contribution is 5.91. The first-order valence-electron chi connectivity index (χ1n) is 6.56. The summed E-state index contributed by atoms with van der Waals surface area (Å²) in [6, 6.07) is 3.46. The molecule has 1 atom stereocenters. The van der Waals surface area contributed by atoms with Crippen LogP contribution < -0.4 is 0 Å². The Morgan fingerprint density at radius 1 is 1.24 bits per heavy atom. The van der Waals surface area contributed by atoms with E-state index in [1.165, 1.54) is 0 Å². The normalized spacial score (nSPS) is 17.2. The summed E-state index contributed by atoms with van der Waals surface area (Å²) >= 11 is 0. The number of carboxylic acids is 2. The summed E-state index contributed by atoms with van der Waals surface area (Å²) < 4.78 is 1.71. The number of fused-ring (bicyclic) bond motifs is 1. The van der Waals surface area contributed by atoms with Crippen LogP contribution in [-0.2, 0) is 11.3 Å². The number of carbonyl (C=O) groups is 2. The molecule has 0 fully saturated rings. The number of rotatable bonds is 3. The third-order valence-corrected chi connectivity index (χ3v) is 3.65. The molecule has 2 aromatic rings. The summed E-state index contributed by atoms with van der Waals surface area (Å²) in [5.74, 6) is -2.56. The van der Waals surface area contributed by atoms with E-state index in [-0.39, 0.29) is 11.4 Å². The average molecular weight is 287 g/mol. The molecule has 7 nitrogen and oxygen atoms in total. The number of nitrogens with zero attached hydrogens (tertiary/aromatic N) is 3. The molecule has 1 unspecified atom stereocenters. The van der Waals surface area contributed by atoms with E-state index >= 15 is 0 Å². The fourth-order valence-corrected chi connectivity index (χ4v) is 2.75. The van der Waals surface area contributed by atoms with Crippen molar-refractivity contribution in [2.45, 2.75) is 25.3 Å². The van der Waals surface area contributed by atoms with Crippen molar-refractivity contribution in [3.05, 3.63) is 35.9 Å². The van der Waals surface area contributed by atoms with Gasteiger partial charge in [0.05, 0.1) is 11.6 Å². The van der Waals surface area contributed by atoms with E-state index in [0.29, 0.717) is 25.2 Å². The van der Waals surface area contributed by atoms with Crippen molar-refractivity contribution in [3.63, 3.8) is 0 Å². The Morgan fingerprint density at radius 2 is 1.95 bits per heavy atom. The van der Waals surface area contributed by atoms with Crippen LogP contribution in [0.25, 0.3) is 11.4 Å². The van der Waals surface area contributed by atoms with E-state index < -0.39 is 17.9 Å². The van der Waals surface area contributed by atoms with Crippen LogP contribution in [-0.4, -0.2) is 36.7 Å². The monoisotopic (exact) mass is 287 g/mol. The van der Waals surface area contributed by atoms with Gasteiger partial charge in [0.15, 0.2) is 5.69 Å². The minimum Gasteiger partial charge on any atom is -0.481 e. The zero-order valence-corrected chi connectivity index (χ0v) is 11.1. The molecular formula is C14H13N3O4. The van der Waals surface area contributed by atoms with Gasteiger partial charge in [-0.05, 0) is 25.0 Å². The second-order valence-electron chi connectivity index (χ2n) is 4.89. The zero-order chi connectivity index (χ0) is 15.0. The smallest absolute Gasteiger partial charge is 0.356 e. The standard InChI is InChI=1S/C14H13N3O4/c18-13(19)9-2-1-7-17-11(9)10(14(20)21)16-12(17)8-3-5-15-6-4-8/h3-6,9H,1-2,7H2,(H,18,19)(H,20,21). The third kappa shape index (κ3) is 2.16. The predicted molar refractivity (Wildman–Crippen MR) is 72.0 cm³/mol. The van der Waals surface area contributed by atoms with Crippen LogP contribution in [0.5, 0.6) is 0 Å². The molecule has 0 bridgehead atoms. The number of aromatic carboxylic acids is 1. The van der Waals surface area contributed by atoms with Crippen LogP contribution in [0.15, 0.2) is 24.5 Å². The Bertz CT molecular complexity index is 709. The molecule has 3 rings (SSSR count). The molecule has 0 saturated carbocycles. The van der Waals surface area contributed by atoms with Crippen molar-refractivity contribution in [3.8, 4) is 11.4 Å². The molecule has 1 aliphatic heterocycles. The molecule has 0 aromatic carbocycles. The van der Waals surface area contributed by atoms with E-state index in [1.807, 2.05) is 0 Å². The second-order valence-corrected chi connectivity index (χ2v) is 4.89. The van der Waals surface area contributed by atoms with Gasteiger partial charge in [-0.3, -0.25) is 9.78 Å². The number of hydrogen-bond acceptors (Lipinski definition) is 4. The Labute approximate surface area is 119 Å². The molecule has 1 aliphatic rings. The predicted octanol–water partition coefficient (Wildman–Crippen LogP) is 1.61. The van der Waals surface area contributed by atoms with Gasteiger partial charge in [0, 0.05) is 24.5 Å². The van der Waals surface area contributed by atoms with Gasteiger partial charge in [0.1, 0.15) is 5.82 Å². The molecule has 0 aliphatic carbocycles. The van der Waals surface area contributed by atoms with Gasteiger partial charge < -0.3 is 14.8 Å². The second kappa shape index (κ2) is 5.01. The maximum atomic E-state index is 11.4. The molecule has 3 heterocycles. The van der Waals surface area contributed by atoms with Crippen LogP contribution in [0.2, 0.25) is 0 Å². The molecule has 0 amide bonds. The fraction of sp³-hybridized carbons (Fsp3) is 0.286. The van der Waals surface area contributed by atoms with Gasteiger partial charge >= 0.3 is 11.9 Å². The summed E-state index contributed by atoms with van der Waals surface area (Å²) in [6.45, 7) is 0.567. The highest BCUT2D eigenvalue weighted by Crippen LogP contribution is 2.34. The van der Waals surface area contributed by atoms with Crippen molar-refractivity contribution in [2.24, 2.45) is 0 Å². The van der Waals surface area contributed by atoms with Crippen LogP contribution in [0.4, 0.5) is 0 Å². The van der Waals surface area contributed by atoms with Crippen molar-refractivity contribution < 1.29 is 19.8 Å². The molecule has 7 heteroatoms. The van der Waals surface area contributed by atoms with E-state index in [1.54, 1.807) is 29.1 Å². The van der Waals surface area contributed by atoms with Crippen molar-refractivity contribution in [1.29, 1.82) is 0 Å². The Hall–Kier alpha value is -2.70. The molecule has 108 valence electrons. The minimum absolute atomic E-state index is 0.172. The van der Waals surface area contributed by atoms with Crippen molar-refractivity contribution in [2.75, 3.05) is 0 Å².